The second-order valence-electron chi connectivity index (χ2n) is 9.56. The number of hydrogen-bond donors (Lipinski definition) is 1. The van der Waals surface area contributed by atoms with E-state index in [9.17, 15) is 14.3 Å². The molecule has 186 valence electrons. The summed E-state index contributed by atoms with van der Waals surface area (Å²) in [6.07, 6.45) is 2.32. The summed E-state index contributed by atoms with van der Waals surface area (Å²) >= 11 is 7.15. The van der Waals surface area contributed by atoms with Gasteiger partial charge in [0.1, 0.15) is 33.2 Å². The molecular formula is C27H25ClFN3O3S. The fourth-order valence-electron chi connectivity index (χ4n) is 5.42. The van der Waals surface area contributed by atoms with Gasteiger partial charge in [-0.2, -0.15) is 0 Å². The molecule has 0 amide bonds. The Labute approximate surface area is 216 Å². The van der Waals surface area contributed by atoms with Gasteiger partial charge >= 0.3 is 5.97 Å². The highest BCUT2D eigenvalue weighted by molar-refractivity contribution is 7.20. The number of para-hydroxylation sites is 1. The van der Waals surface area contributed by atoms with Crippen molar-refractivity contribution in [2.24, 2.45) is 7.05 Å². The summed E-state index contributed by atoms with van der Waals surface area (Å²) in [6.45, 7) is 2.60. The SMILES string of the molecule is Cn1c(CN2CCC(c3cccc4c3OC(c3ccc(Cl)cc3F)C4)CC2)nc2sc(C(=O)O)cc21. The first-order chi connectivity index (χ1) is 17.4. The Bertz CT molecular complexity index is 1470. The molecule has 1 fully saturated rings. The van der Waals surface area contributed by atoms with Crippen LogP contribution in [0.2, 0.25) is 5.02 Å². The zero-order valence-electron chi connectivity index (χ0n) is 19.7. The molecule has 1 saturated heterocycles. The Balaban J connectivity index is 1.14. The number of carboxylic acid groups (broad SMARTS) is 1. The molecule has 0 saturated carbocycles. The number of hydrogen-bond acceptors (Lipinski definition) is 5. The lowest BCUT2D eigenvalue weighted by atomic mass is 9.87. The van der Waals surface area contributed by atoms with Crippen LogP contribution in [0.3, 0.4) is 0 Å². The fraction of sp³-hybridized carbons (Fsp3) is 0.333. The highest BCUT2D eigenvalue weighted by Gasteiger charge is 2.32. The number of halogens is 2. The van der Waals surface area contributed by atoms with Crippen molar-refractivity contribution in [3.05, 3.63) is 80.7 Å². The third kappa shape index (κ3) is 4.17. The first kappa shape index (κ1) is 23.5. The minimum Gasteiger partial charge on any atom is -0.485 e. The van der Waals surface area contributed by atoms with E-state index in [-0.39, 0.29) is 11.9 Å². The smallest absolute Gasteiger partial charge is 0.346 e. The molecule has 0 spiro atoms. The normalized spacial score (nSPS) is 18.5. The highest BCUT2D eigenvalue weighted by Crippen LogP contribution is 2.44. The second-order valence-corrected chi connectivity index (χ2v) is 11.0. The molecule has 4 heterocycles. The van der Waals surface area contributed by atoms with E-state index in [2.05, 4.69) is 23.1 Å². The number of benzene rings is 2. The number of carboxylic acids is 1. The van der Waals surface area contributed by atoms with Crippen LogP contribution < -0.4 is 4.74 Å². The van der Waals surface area contributed by atoms with Crippen molar-refractivity contribution in [1.29, 1.82) is 0 Å². The van der Waals surface area contributed by atoms with E-state index in [0.717, 1.165) is 60.0 Å². The first-order valence-corrected chi connectivity index (χ1v) is 13.2. The number of rotatable bonds is 5. The van der Waals surface area contributed by atoms with Crippen LogP contribution in [-0.4, -0.2) is 38.6 Å². The molecular weight excluding hydrogens is 501 g/mol. The molecule has 4 aromatic rings. The average molecular weight is 526 g/mol. The Hall–Kier alpha value is -2.94. The van der Waals surface area contributed by atoms with E-state index in [1.54, 1.807) is 18.2 Å². The molecule has 1 N–H and O–H groups in total. The number of piperidine rings is 1. The van der Waals surface area contributed by atoms with Gasteiger partial charge in [-0.1, -0.05) is 35.9 Å². The van der Waals surface area contributed by atoms with Gasteiger partial charge in [-0.05, 0) is 61.2 Å². The summed E-state index contributed by atoms with van der Waals surface area (Å²) in [5.41, 5.74) is 3.75. The van der Waals surface area contributed by atoms with Crippen molar-refractivity contribution in [2.45, 2.75) is 37.8 Å². The summed E-state index contributed by atoms with van der Waals surface area (Å²) < 4.78 is 22.9. The molecule has 0 bridgehead atoms. The lowest BCUT2D eigenvalue weighted by Crippen LogP contribution is -2.33. The van der Waals surface area contributed by atoms with E-state index < -0.39 is 5.97 Å². The number of aryl methyl sites for hydroxylation is 1. The number of nitrogens with zero attached hydrogens (tertiary/aromatic N) is 3. The molecule has 2 aromatic carbocycles. The van der Waals surface area contributed by atoms with E-state index >= 15 is 0 Å². The average Bonchev–Trinajstić information content (AvgIpc) is 3.54. The quantitative estimate of drug-likeness (QED) is 0.337. The molecule has 2 aromatic heterocycles. The minimum absolute atomic E-state index is 0.314. The van der Waals surface area contributed by atoms with E-state index in [4.69, 9.17) is 21.3 Å². The summed E-state index contributed by atoms with van der Waals surface area (Å²) in [5, 5.41) is 9.62. The monoisotopic (exact) mass is 525 g/mol. The van der Waals surface area contributed by atoms with Crippen molar-refractivity contribution in [3.8, 4) is 5.75 Å². The molecule has 0 aliphatic carbocycles. The van der Waals surface area contributed by atoms with Gasteiger partial charge < -0.3 is 14.4 Å². The van der Waals surface area contributed by atoms with Gasteiger partial charge in [-0.25, -0.2) is 14.2 Å². The highest BCUT2D eigenvalue weighted by atomic mass is 35.5. The van der Waals surface area contributed by atoms with Crippen LogP contribution in [0.15, 0.2) is 42.5 Å². The van der Waals surface area contributed by atoms with Gasteiger partial charge in [0.25, 0.3) is 0 Å². The molecule has 6 nitrogen and oxygen atoms in total. The van der Waals surface area contributed by atoms with Gasteiger partial charge in [0, 0.05) is 24.1 Å². The fourth-order valence-corrected chi connectivity index (χ4v) is 6.50. The molecule has 36 heavy (non-hydrogen) atoms. The third-order valence-electron chi connectivity index (χ3n) is 7.38. The Morgan fingerprint density at radius 3 is 2.75 bits per heavy atom. The van der Waals surface area contributed by atoms with Crippen LogP contribution in [0.1, 0.15) is 57.0 Å². The maximum atomic E-state index is 14.5. The minimum atomic E-state index is -0.914. The maximum Gasteiger partial charge on any atom is 0.346 e. The number of likely N-dealkylation sites (tertiary alicyclic amines) is 1. The zero-order valence-corrected chi connectivity index (χ0v) is 21.3. The molecule has 9 heteroatoms. The molecule has 2 aliphatic heterocycles. The van der Waals surface area contributed by atoms with E-state index in [1.807, 2.05) is 11.6 Å². The number of aromatic carboxylic acids is 1. The van der Waals surface area contributed by atoms with Crippen LogP contribution in [0, 0.1) is 5.82 Å². The summed E-state index contributed by atoms with van der Waals surface area (Å²) in [6, 6.07) is 12.8. The van der Waals surface area contributed by atoms with Crippen LogP contribution >= 0.6 is 22.9 Å². The Morgan fingerprint density at radius 2 is 2.03 bits per heavy atom. The standard InChI is InChI=1S/C27H25ClFN3O3S/c1-31-21-13-23(27(33)34)36-26(21)30-24(31)14-32-9-7-15(8-10-32)18-4-2-3-16-11-22(35-25(16)18)19-6-5-17(28)12-20(19)29/h2-6,12-13,15,22H,7-11,14H2,1H3,(H,33,34). The van der Waals surface area contributed by atoms with Crippen LogP contribution in [0.25, 0.3) is 10.3 Å². The summed E-state index contributed by atoms with van der Waals surface area (Å²) in [7, 11) is 1.94. The lowest BCUT2D eigenvalue weighted by Gasteiger charge is -2.32. The van der Waals surface area contributed by atoms with Crippen molar-refractivity contribution >= 4 is 39.3 Å². The Kier molecular flexibility index (Phi) is 5.98. The molecule has 2 aliphatic rings. The largest absolute Gasteiger partial charge is 0.485 e. The van der Waals surface area contributed by atoms with Crippen molar-refractivity contribution in [1.82, 2.24) is 14.5 Å². The second kappa shape index (κ2) is 9.18. The number of thiophene rings is 1. The van der Waals surface area contributed by atoms with E-state index in [1.165, 1.54) is 23.0 Å². The van der Waals surface area contributed by atoms with Gasteiger partial charge in [-0.15, -0.1) is 11.3 Å². The number of carbonyl (C=O) groups is 1. The number of imidazole rings is 1. The molecule has 1 atom stereocenters. The number of aromatic nitrogens is 2. The molecule has 1 unspecified atom stereocenters. The van der Waals surface area contributed by atoms with Crippen molar-refractivity contribution in [3.63, 3.8) is 0 Å². The number of ether oxygens (including phenoxy) is 1. The van der Waals surface area contributed by atoms with Crippen molar-refractivity contribution in [2.75, 3.05) is 13.1 Å². The predicted octanol–water partition coefficient (Wildman–Crippen LogP) is 6.18. The lowest BCUT2D eigenvalue weighted by molar-refractivity contribution is 0.0702. The van der Waals surface area contributed by atoms with Crippen LogP contribution in [-0.2, 0) is 20.0 Å². The van der Waals surface area contributed by atoms with Gasteiger partial charge in [-0.3, -0.25) is 4.90 Å². The maximum absolute atomic E-state index is 14.5. The predicted molar refractivity (Wildman–Crippen MR) is 138 cm³/mol. The van der Waals surface area contributed by atoms with Gasteiger partial charge in [0.05, 0.1) is 12.1 Å². The first-order valence-electron chi connectivity index (χ1n) is 12.0. The van der Waals surface area contributed by atoms with Gasteiger partial charge in [0.15, 0.2) is 0 Å². The zero-order chi connectivity index (χ0) is 25.0. The third-order valence-corrected chi connectivity index (χ3v) is 8.62. The van der Waals surface area contributed by atoms with Gasteiger partial charge in [0.2, 0.25) is 0 Å². The molecule has 0 radical (unpaired) electrons. The van der Waals surface area contributed by atoms with Crippen LogP contribution in [0.4, 0.5) is 4.39 Å². The van der Waals surface area contributed by atoms with E-state index in [0.29, 0.717) is 27.8 Å². The number of fused-ring (bicyclic) bond motifs is 2. The summed E-state index contributed by atoms with van der Waals surface area (Å²) in [5.74, 6) is 0.997. The van der Waals surface area contributed by atoms with Crippen LogP contribution in [0.5, 0.6) is 5.75 Å². The molecule has 6 rings (SSSR count). The Morgan fingerprint density at radius 1 is 1.22 bits per heavy atom. The summed E-state index contributed by atoms with van der Waals surface area (Å²) in [4.78, 5) is 19.4. The van der Waals surface area contributed by atoms with Crippen molar-refractivity contribution < 1.29 is 19.0 Å². The topological polar surface area (TPSA) is 67.6 Å².